The fraction of sp³-hybridized carbons (Fsp3) is 0.0588. The summed E-state index contributed by atoms with van der Waals surface area (Å²) in [4.78, 5) is 15.9. The van der Waals surface area contributed by atoms with Gasteiger partial charge in [-0.1, -0.05) is 0 Å². The molecular formula is C17H9F5N2O2. The van der Waals surface area contributed by atoms with Crippen LogP contribution in [0, 0.1) is 11.6 Å². The Labute approximate surface area is 143 Å². The van der Waals surface area contributed by atoms with Crippen LogP contribution in [0.1, 0.15) is 16.1 Å². The van der Waals surface area contributed by atoms with Gasteiger partial charge < -0.3 is 9.73 Å². The average molecular weight is 368 g/mol. The summed E-state index contributed by atoms with van der Waals surface area (Å²) in [7, 11) is 0. The van der Waals surface area contributed by atoms with E-state index in [0.717, 1.165) is 48.7 Å². The van der Waals surface area contributed by atoms with Crippen LogP contribution in [0.3, 0.4) is 0 Å². The molecule has 0 bridgehead atoms. The highest BCUT2D eigenvalue weighted by Crippen LogP contribution is 2.30. The van der Waals surface area contributed by atoms with Crippen molar-refractivity contribution in [1.29, 1.82) is 0 Å². The monoisotopic (exact) mass is 368 g/mol. The lowest BCUT2D eigenvalue weighted by molar-refractivity contribution is -0.137. The van der Waals surface area contributed by atoms with Crippen molar-refractivity contribution < 1.29 is 31.2 Å². The Morgan fingerprint density at radius 1 is 1.00 bits per heavy atom. The maximum atomic E-state index is 13.1. The number of hydrogen-bond donors (Lipinski definition) is 1. The number of rotatable bonds is 3. The predicted octanol–water partition coefficient (Wildman–Crippen LogP) is 4.89. The van der Waals surface area contributed by atoms with E-state index in [4.69, 9.17) is 4.42 Å². The van der Waals surface area contributed by atoms with Crippen LogP contribution < -0.4 is 5.32 Å². The summed E-state index contributed by atoms with van der Waals surface area (Å²) in [6.07, 6.45) is -3.47. The summed E-state index contributed by atoms with van der Waals surface area (Å²) in [5.41, 5.74) is -0.758. The zero-order valence-electron chi connectivity index (χ0n) is 12.8. The SMILES string of the molecule is O=C(Nc1ccc(F)c(F)c1)c1coc(-c2ccc(C(F)(F)F)cc2)n1. The second-order valence-electron chi connectivity index (χ2n) is 5.20. The molecule has 0 spiro atoms. The normalized spacial score (nSPS) is 11.4. The molecule has 1 aromatic heterocycles. The number of carbonyl (C=O) groups excluding carboxylic acids is 1. The van der Waals surface area contributed by atoms with Gasteiger partial charge in [0.1, 0.15) is 6.26 Å². The summed E-state index contributed by atoms with van der Waals surface area (Å²) < 4.78 is 68.7. The van der Waals surface area contributed by atoms with Gasteiger partial charge in [0.15, 0.2) is 17.3 Å². The molecule has 1 N–H and O–H groups in total. The van der Waals surface area contributed by atoms with E-state index in [1.54, 1.807) is 0 Å². The molecule has 1 heterocycles. The maximum Gasteiger partial charge on any atom is 0.416 e. The Kier molecular flexibility index (Phi) is 4.45. The van der Waals surface area contributed by atoms with Gasteiger partial charge in [0.2, 0.25) is 5.89 Å². The number of carbonyl (C=O) groups is 1. The fourth-order valence-corrected chi connectivity index (χ4v) is 2.08. The first kappa shape index (κ1) is 17.6. The number of amides is 1. The van der Waals surface area contributed by atoms with Crippen LogP contribution in [0.25, 0.3) is 11.5 Å². The van der Waals surface area contributed by atoms with Gasteiger partial charge >= 0.3 is 6.18 Å². The predicted molar refractivity (Wildman–Crippen MR) is 81.3 cm³/mol. The first-order chi connectivity index (χ1) is 12.2. The van der Waals surface area contributed by atoms with Crippen molar-refractivity contribution in [3.8, 4) is 11.5 Å². The summed E-state index contributed by atoms with van der Waals surface area (Å²) in [5.74, 6) is -3.01. The van der Waals surface area contributed by atoms with Crippen molar-refractivity contribution in [1.82, 2.24) is 4.98 Å². The van der Waals surface area contributed by atoms with Gasteiger partial charge in [-0.15, -0.1) is 0 Å². The Bertz CT molecular complexity index is 949. The van der Waals surface area contributed by atoms with Crippen molar-refractivity contribution in [3.63, 3.8) is 0 Å². The average Bonchev–Trinajstić information content (AvgIpc) is 3.08. The lowest BCUT2D eigenvalue weighted by Crippen LogP contribution is -2.12. The van der Waals surface area contributed by atoms with Gasteiger partial charge in [-0.3, -0.25) is 4.79 Å². The van der Waals surface area contributed by atoms with Crippen LogP contribution in [0.5, 0.6) is 0 Å². The number of nitrogens with one attached hydrogen (secondary N) is 1. The Hall–Kier alpha value is -3.23. The number of halogens is 5. The number of anilines is 1. The zero-order valence-corrected chi connectivity index (χ0v) is 12.8. The third-order valence-electron chi connectivity index (χ3n) is 3.37. The molecule has 0 saturated heterocycles. The van der Waals surface area contributed by atoms with Gasteiger partial charge in [0.25, 0.3) is 5.91 Å². The number of aromatic nitrogens is 1. The quantitative estimate of drug-likeness (QED) is 0.670. The number of benzene rings is 2. The van der Waals surface area contributed by atoms with Gasteiger partial charge in [-0.05, 0) is 36.4 Å². The second-order valence-corrected chi connectivity index (χ2v) is 5.20. The summed E-state index contributed by atoms with van der Waals surface area (Å²) in [6, 6.07) is 6.84. The molecule has 9 heteroatoms. The molecule has 3 rings (SSSR count). The largest absolute Gasteiger partial charge is 0.444 e. The molecule has 26 heavy (non-hydrogen) atoms. The highest BCUT2D eigenvalue weighted by molar-refractivity contribution is 6.02. The standard InChI is InChI=1S/C17H9F5N2O2/c18-12-6-5-11(7-13(12)19)23-15(25)14-8-26-16(24-14)9-1-3-10(4-2-9)17(20,21)22/h1-8H,(H,23,25). The molecule has 4 nitrogen and oxygen atoms in total. The number of alkyl halides is 3. The second kappa shape index (κ2) is 6.58. The van der Waals surface area contributed by atoms with E-state index in [-0.39, 0.29) is 22.8 Å². The number of oxazole rings is 1. The smallest absolute Gasteiger partial charge is 0.416 e. The molecule has 0 fully saturated rings. The van der Waals surface area contributed by atoms with E-state index in [9.17, 15) is 26.7 Å². The van der Waals surface area contributed by atoms with E-state index < -0.39 is 29.3 Å². The van der Waals surface area contributed by atoms with E-state index in [0.29, 0.717) is 0 Å². The zero-order chi connectivity index (χ0) is 18.9. The summed E-state index contributed by atoms with van der Waals surface area (Å²) in [5, 5.41) is 2.30. The maximum absolute atomic E-state index is 13.1. The number of hydrogen-bond acceptors (Lipinski definition) is 3. The Balaban J connectivity index is 1.76. The minimum atomic E-state index is -4.47. The molecule has 0 saturated carbocycles. The van der Waals surface area contributed by atoms with Crippen molar-refractivity contribution in [3.05, 3.63) is 71.6 Å². The molecule has 0 aliphatic rings. The molecule has 0 unspecified atom stereocenters. The van der Waals surface area contributed by atoms with E-state index in [2.05, 4.69) is 10.3 Å². The lowest BCUT2D eigenvalue weighted by Gasteiger charge is -2.06. The van der Waals surface area contributed by atoms with E-state index in [1.807, 2.05) is 0 Å². The van der Waals surface area contributed by atoms with Crippen LogP contribution in [-0.2, 0) is 6.18 Å². The summed E-state index contributed by atoms with van der Waals surface area (Å²) in [6.45, 7) is 0. The molecule has 2 aromatic carbocycles. The molecule has 0 radical (unpaired) electrons. The van der Waals surface area contributed by atoms with Crippen LogP contribution in [-0.4, -0.2) is 10.9 Å². The minimum Gasteiger partial charge on any atom is -0.444 e. The molecular weight excluding hydrogens is 359 g/mol. The Morgan fingerprint density at radius 2 is 1.69 bits per heavy atom. The fourth-order valence-electron chi connectivity index (χ4n) is 2.08. The van der Waals surface area contributed by atoms with Crippen molar-refractivity contribution in [2.45, 2.75) is 6.18 Å². The van der Waals surface area contributed by atoms with E-state index >= 15 is 0 Å². The van der Waals surface area contributed by atoms with Gasteiger partial charge in [-0.25, -0.2) is 13.8 Å². The van der Waals surface area contributed by atoms with Crippen molar-refractivity contribution in [2.75, 3.05) is 5.32 Å². The molecule has 0 aliphatic carbocycles. The van der Waals surface area contributed by atoms with Crippen LogP contribution in [0.15, 0.2) is 53.1 Å². The molecule has 0 aliphatic heterocycles. The third-order valence-corrected chi connectivity index (χ3v) is 3.37. The molecule has 1 amide bonds. The van der Waals surface area contributed by atoms with Gasteiger partial charge in [0.05, 0.1) is 5.56 Å². The van der Waals surface area contributed by atoms with Crippen LogP contribution in [0.2, 0.25) is 0 Å². The summed E-state index contributed by atoms with van der Waals surface area (Å²) >= 11 is 0. The molecule has 3 aromatic rings. The van der Waals surface area contributed by atoms with Gasteiger partial charge in [-0.2, -0.15) is 13.2 Å². The minimum absolute atomic E-state index is 0.00739. The first-order valence-corrected chi connectivity index (χ1v) is 7.13. The van der Waals surface area contributed by atoms with Crippen molar-refractivity contribution >= 4 is 11.6 Å². The molecule has 0 atom stereocenters. The number of nitrogens with zero attached hydrogens (tertiary/aromatic N) is 1. The van der Waals surface area contributed by atoms with E-state index in [1.165, 1.54) is 0 Å². The van der Waals surface area contributed by atoms with Crippen LogP contribution in [0.4, 0.5) is 27.6 Å². The van der Waals surface area contributed by atoms with Crippen LogP contribution >= 0.6 is 0 Å². The highest BCUT2D eigenvalue weighted by atomic mass is 19.4. The van der Waals surface area contributed by atoms with Gasteiger partial charge in [0, 0.05) is 17.3 Å². The molecule has 134 valence electrons. The third kappa shape index (κ3) is 3.71. The topological polar surface area (TPSA) is 55.1 Å². The highest BCUT2D eigenvalue weighted by Gasteiger charge is 2.30. The lowest BCUT2D eigenvalue weighted by atomic mass is 10.1. The first-order valence-electron chi connectivity index (χ1n) is 7.13. The van der Waals surface area contributed by atoms with Crippen molar-refractivity contribution in [2.24, 2.45) is 0 Å². The Morgan fingerprint density at radius 3 is 2.31 bits per heavy atom.